The summed E-state index contributed by atoms with van der Waals surface area (Å²) in [4.78, 5) is 11.2. The van der Waals surface area contributed by atoms with Crippen LogP contribution in [0.3, 0.4) is 0 Å². The monoisotopic (exact) mass is 291 g/mol. The first kappa shape index (κ1) is 12.4. The predicted octanol–water partition coefficient (Wildman–Crippen LogP) is 1.61. The van der Waals surface area contributed by atoms with Gasteiger partial charge in [-0.1, -0.05) is 15.9 Å². The number of ketones is 1. The molecule has 0 aliphatic heterocycles. The van der Waals surface area contributed by atoms with Crippen molar-refractivity contribution in [2.45, 2.75) is 18.7 Å². The number of carbonyl (C=O) groups excluding carboxylic acids is 1. The molecule has 15 heavy (non-hydrogen) atoms. The molecular weight excluding hydrogens is 282 g/mol. The van der Waals surface area contributed by atoms with Crippen LogP contribution in [0.1, 0.15) is 22.8 Å². The number of hydrogen-bond donors (Lipinski definition) is 1. The Bertz CT molecular complexity index is 522. The molecule has 6 heteroatoms. The van der Waals surface area contributed by atoms with Crippen molar-refractivity contribution in [3.63, 3.8) is 0 Å². The van der Waals surface area contributed by atoms with Crippen molar-refractivity contribution in [3.8, 4) is 0 Å². The number of sulfonamides is 1. The number of benzene rings is 1. The Hall–Kier alpha value is -0.720. The molecule has 1 rings (SSSR count). The van der Waals surface area contributed by atoms with E-state index in [1.165, 1.54) is 13.0 Å². The molecule has 0 atom stereocenters. The number of carbonyl (C=O) groups is 1. The molecular formula is C9H10BrNO3S. The summed E-state index contributed by atoms with van der Waals surface area (Å²) in [6.07, 6.45) is 0. The highest BCUT2D eigenvalue weighted by Gasteiger charge is 2.17. The summed E-state index contributed by atoms with van der Waals surface area (Å²) in [6.45, 7) is 2.94. The fraction of sp³-hybridized carbons (Fsp3) is 0.222. The third-order valence-corrected chi connectivity index (χ3v) is 3.51. The van der Waals surface area contributed by atoms with Gasteiger partial charge in [-0.15, -0.1) is 0 Å². The molecule has 0 radical (unpaired) electrons. The molecule has 0 saturated carbocycles. The van der Waals surface area contributed by atoms with E-state index in [0.29, 0.717) is 15.6 Å². The van der Waals surface area contributed by atoms with Gasteiger partial charge in [0.1, 0.15) is 0 Å². The second-order valence-corrected chi connectivity index (χ2v) is 5.62. The van der Waals surface area contributed by atoms with Gasteiger partial charge in [0, 0.05) is 10.0 Å². The Kier molecular flexibility index (Phi) is 3.32. The largest absolute Gasteiger partial charge is 0.294 e. The van der Waals surface area contributed by atoms with E-state index < -0.39 is 10.0 Å². The molecule has 0 heterocycles. The zero-order valence-electron chi connectivity index (χ0n) is 8.24. The molecule has 2 N–H and O–H groups in total. The zero-order valence-corrected chi connectivity index (χ0v) is 10.6. The lowest BCUT2D eigenvalue weighted by Crippen LogP contribution is -2.15. The standard InChI is InChI=1S/C9H10BrNO3S/c1-5-8(6(2)12)3-7(10)4-9(5)15(11,13)14/h3-4H,1-2H3,(H2,11,13,14). The summed E-state index contributed by atoms with van der Waals surface area (Å²) in [5, 5.41) is 5.04. The topological polar surface area (TPSA) is 77.2 Å². The third-order valence-electron chi connectivity index (χ3n) is 2.01. The van der Waals surface area contributed by atoms with Gasteiger partial charge in [-0.3, -0.25) is 4.79 Å². The van der Waals surface area contributed by atoms with Crippen molar-refractivity contribution < 1.29 is 13.2 Å². The van der Waals surface area contributed by atoms with Crippen LogP contribution in [0.5, 0.6) is 0 Å². The average molecular weight is 292 g/mol. The Labute approximate surface area is 96.7 Å². The minimum Gasteiger partial charge on any atom is -0.294 e. The smallest absolute Gasteiger partial charge is 0.238 e. The van der Waals surface area contributed by atoms with Gasteiger partial charge < -0.3 is 0 Å². The van der Waals surface area contributed by atoms with Crippen LogP contribution in [0.4, 0.5) is 0 Å². The second kappa shape index (κ2) is 4.03. The van der Waals surface area contributed by atoms with Gasteiger partial charge in [0.05, 0.1) is 4.90 Å². The van der Waals surface area contributed by atoms with Gasteiger partial charge >= 0.3 is 0 Å². The maximum absolute atomic E-state index is 11.2. The first-order chi connectivity index (χ1) is 6.73. The fourth-order valence-electron chi connectivity index (χ4n) is 1.32. The molecule has 0 saturated heterocycles. The summed E-state index contributed by atoms with van der Waals surface area (Å²) >= 11 is 3.14. The van der Waals surface area contributed by atoms with Gasteiger partial charge in [-0.05, 0) is 31.5 Å². The second-order valence-electron chi connectivity index (χ2n) is 3.18. The first-order valence-corrected chi connectivity index (χ1v) is 6.41. The SMILES string of the molecule is CC(=O)c1cc(Br)cc(S(N)(=O)=O)c1C. The lowest BCUT2D eigenvalue weighted by molar-refractivity contribution is 0.101. The maximum Gasteiger partial charge on any atom is 0.238 e. The Morgan fingerprint density at radius 1 is 1.40 bits per heavy atom. The molecule has 0 aromatic heterocycles. The Balaban J connectivity index is 3.63. The van der Waals surface area contributed by atoms with Gasteiger partial charge in [-0.2, -0.15) is 0 Å². The fourth-order valence-corrected chi connectivity index (χ4v) is 2.75. The molecule has 1 aromatic carbocycles. The molecule has 0 aliphatic carbocycles. The van der Waals surface area contributed by atoms with E-state index in [2.05, 4.69) is 15.9 Å². The minimum atomic E-state index is -3.79. The zero-order chi connectivity index (χ0) is 11.8. The number of halogens is 1. The summed E-state index contributed by atoms with van der Waals surface area (Å²) in [7, 11) is -3.79. The van der Waals surface area contributed by atoms with E-state index in [0.717, 1.165) is 0 Å². The van der Waals surface area contributed by atoms with Crippen LogP contribution in [0.25, 0.3) is 0 Å². The molecule has 0 aliphatic rings. The van der Waals surface area contributed by atoms with Crippen molar-refractivity contribution >= 4 is 31.7 Å². The minimum absolute atomic E-state index is 0.0259. The summed E-state index contributed by atoms with van der Waals surface area (Å²) < 4.78 is 23.0. The molecule has 0 bridgehead atoms. The number of primary sulfonamides is 1. The molecule has 0 spiro atoms. The van der Waals surface area contributed by atoms with Crippen LogP contribution < -0.4 is 5.14 Å². The van der Waals surface area contributed by atoms with Crippen LogP contribution >= 0.6 is 15.9 Å². The van der Waals surface area contributed by atoms with Crippen LogP contribution in [0, 0.1) is 6.92 Å². The normalized spacial score (nSPS) is 11.5. The van der Waals surface area contributed by atoms with Crippen molar-refractivity contribution in [1.29, 1.82) is 0 Å². The lowest BCUT2D eigenvalue weighted by atomic mass is 10.1. The Morgan fingerprint density at radius 2 is 1.93 bits per heavy atom. The molecule has 0 unspecified atom stereocenters. The van der Waals surface area contributed by atoms with Crippen molar-refractivity contribution in [2.24, 2.45) is 5.14 Å². The first-order valence-electron chi connectivity index (χ1n) is 4.07. The van der Waals surface area contributed by atoms with Gasteiger partial charge in [0.15, 0.2) is 5.78 Å². The molecule has 82 valence electrons. The van der Waals surface area contributed by atoms with Gasteiger partial charge in [0.2, 0.25) is 10.0 Å². The van der Waals surface area contributed by atoms with E-state index in [9.17, 15) is 13.2 Å². The highest BCUT2D eigenvalue weighted by Crippen LogP contribution is 2.24. The van der Waals surface area contributed by atoms with Crippen molar-refractivity contribution in [3.05, 3.63) is 27.7 Å². The highest BCUT2D eigenvalue weighted by atomic mass is 79.9. The quantitative estimate of drug-likeness (QED) is 0.841. The van der Waals surface area contributed by atoms with E-state index >= 15 is 0 Å². The van der Waals surface area contributed by atoms with Gasteiger partial charge in [0.25, 0.3) is 0 Å². The van der Waals surface area contributed by atoms with Crippen LogP contribution in [-0.4, -0.2) is 14.2 Å². The molecule has 1 aromatic rings. The van der Waals surface area contributed by atoms with E-state index in [-0.39, 0.29) is 10.7 Å². The number of nitrogens with two attached hydrogens (primary N) is 1. The summed E-state index contributed by atoms with van der Waals surface area (Å²) in [5.74, 6) is -0.196. The molecule has 0 amide bonds. The van der Waals surface area contributed by atoms with Crippen LogP contribution in [0.15, 0.2) is 21.5 Å². The summed E-state index contributed by atoms with van der Waals surface area (Å²) in [5.41, 5.74) is 0.738. The van der Waals surface area contributed by atoms with Crippen LogP contribution in [0.2, 0.25) is 0 Å². The number of hydrogen-bond acceptors (Lipinski definition) is 3. The molecule has 0 fully saturated rings. The van der Waals surface area contributed by atoms with E-state index in [1.54, 1.807) is 13.0 Å². The van der Waals surface area contributed by atoms with Crippen molar-refractivity contribution in [2.75, 3.05) is 0 Å². The third kappa shape index (κ3) is 2.64. The van der Waals surface area contributed by atoms with E-state index in [1.807, 2.05) is 0 Å². The molecule has 4 nitrogen and oxygen atoms in total. The number of rotatable bonds is 2. The van der Waals surface area contributed by atoms with Crippen molar-refractivity contribution in [1.82, 2.24) is 0 Å². The maximum atomic E-state index is 11.2. The average Bonchev–Trinajstić information content (AvgIpc) is 2.06. The highest BCUT2D eigenvalue weighted by molar-refractivity contribution is 9.10. The number of Topliss-reactive ketones (excluding diaryl/α,β-unsaturated/α-hetero) is 1. The van der Waals surface area contributed by atoms with Gasteiger partial charge in [-0.25, -0.2) is 13.6 Å². The lowest BCUT2D eigenvalue weighted by Gasteiger charge is -2.08. The summed E-state index contributed by atoms with van der Waals surface area (Å²) in [6, 6.07) is 2.96. The van der Waals surface area contributed by atoms with E-state index in [4.69, 9.17) is 5.14 Å². The Morgan fingerprint density at radius 3 is 2.33 bits per heavy atom. The predicted molar refractivity (Wildman–Crippen MR) is 60.3 cm³/mol. The van der Waals surface area contributed by atoms with Crippen LogP contribution in [-0.2, 0) is 10.0 Å².